The van der Waals surface area contributed by atoms with Gasteiger partial charge in [-0.1, -0.05) is 54.6 Å². The number of allylic oxidation sites excluding steroid dienone is 2. The van der Waals surface area contributed by atoms with E-state index >= 15 is 0 Å². The van der Waals surface area contributed by atoms with Gasteiger partial charge in [-0.3, -0.25) is 14.4 Å². The molecule has 40 heavy (non-hydrogen) atoms. The highest BCUT2D eigenvalue weighted by Gasteiger charge is 2.35. The Morgan fingerprint density at radius 2 is 1.77 bits per heavy atom. The van der Waals surface area contributed by atoms with Crippen molar-refractivity contribution in [2.75, 3.05) is 26.3 Å². The molecule has 3 atom stereocenters. The molecule has 0 spiro atoms. The summed E-state index contributed by atoms with van der Waals surface area (Å²) in [4.78, 5) is 43.5. The summed E-state index contributed by atoms with van der Waals surface area (Å²) in [5.41, 5.74) is 1.83. The van der Waals surface area contributed by atoms with E-state index in [0.717, 1.165) is 24.0 Å². The van der Waals surface area contributed by atoms with Gasteiger partial charge in [0, 0.05) is 26.1 Å². The Bertz CT molecular complexity index is 1150. The molecule has 0 bridgehead atoms. The number of hydrogen-bond donors (Lipinski definition) is 1. The van der Waals surface area contributed by atoms with E-state index in [-0.39, 0.29) is 61.7 Å². The predicted octanol–water partition coefficient (Wildman–Crippen LogP) is 4.29. The zero-order valence-corrected chi connectivity index (χ0v) is 22.9. The number of nitrogens with zero attached hydrogens (tertiary/aromatic N) is 2. The molecule has 0 unspecified atom stereocenters. The molecule has 2 aromatic carbocycles. The third-order valence-corrected chi connectivity index (χ3v) is 7.79. The standard InChI is InChI=1S/C32H39FN2O5/c33-28-15-13-24(14-16-28)20-27-11-6-2-5-10-26(31(38)35-17-7-12-29(35)23-40-32(27)39)21-30(37)34(18-19-36)22-25-8-3-1-4-9-25/h1-5,8-9,13-16,26-27,29,36H,6-7,10-12,17-23H2/b5-2+/t26-,27+,29-/m0/s1. The van der Waals surface area contributed by atoms with E-state index in [9.17, 15) is 23.9 Å². The summed E-state index contributed by atoms with van der Waals surface area (Å²) in [5.74, 6) is -1.79. The van der Waals surface area contributed by atoms with Crippen molar-refractivity contribution in [1.29, 1.82) is 0 Å². The molecule has 214 valence electrons. The molecular weight excluding hydrogens is 511 g/mol. The van der Waals surface area contributed by atoms with Crippen LogP contribution in [0.1, 0.15) is 49.7 Å². The summed E-state index contributed by atoms with van der Waals surface area (Å²) in [6, 6.07) is 15.5. The van der Waals surface area contributed by atoms with Gasteiger partial charge in [-0.2, -0.15) is 0 Å². The number of hydrogen-bond acceptors (Lipinski definition) is 5. The minimum Gasteiger partial charge on any atom is -0.463 e. The average Bonchev–Trinajstić information content (AvgIpc) is 3.43. The maximum atomic E-state index is 13.7. The molecule has 7 nitrogen and oxygen atoms in total. The average molecular weight is 551 g/mol. The fourth-order valence-electron chi connectivity index (χ4n) is 5.54. The van der Waals surface area contributed by atoms with Crippen LogP contribution in [-0.4, -0.2) is 65.0 Å². The summed E-state index contributed by atoms with van der Waals surface area (Å²) in [7, 11) is 0. The van der Waals surface area contributed by atoms with E-state index in [0.29, 0.717) is 38.8 Å². The van der Waals surface area contributed by atoms with E-state index in [1.54, 1.807) is 21.9 Å². The Morgan fingerprint density at radius 1 is 1.00 bits per heavy atom. The topological polar surface area (TPSA) is 87.2 Å². The molecule has 0 aliphatic carbocycles. The smallest absolute Gasteiger partial charge is 0.309 e. The van der Waals surface area contributed by atoms with Crippen LogP contribution in [0, 0.1) is 17.7 Å². The minimum atomic E-state index is -0.534. The highest BCUT2D eigenvalue weighted by Crippen LogP contribution is 2.26. The molecule has 8 heteroatoms. The number of fused-ring (bicyclic) bond motifs is 1. The van der Waals surface area contributed by atoms with Crippen molar-refractivity contribution < 1.29 is 28.6 Å². The van der Waals surface area contributed by atoms with Crippen molar-refractivity contribution in [1.82, 2.24) is 9.80 Å². The molecule has 4 rings (SSSR count). The van der Waals surface area contributed by atoms with E-state index < -0.39 is 5.92 Å². The second-order valence-electron chi connectivity index (χ2n) is 10.7. The molecule has 2 aliphatic rings. The lowest BCUT2D eigenvalue weighted by molar-refractivity contribution is -0.152. The van der Waals surface area contributed by atoms with E-state index in [4.69, 9.17) is 4.74 Å². The van der Waals surface area contributed by atoms with Crippen molar-refractivity contribution in [3.8, 4) is 0 Å². The molecular formula is C32H39FN2O5. The number of rotatable bonds is 8. The number of carbonyl (C=O) groups excluding carboxylic acids is 3. The largest absolute Gasteiger partial charge is 0.463 e. The van der Waals surface area contributed by atoms with Crippen LogP contribution in [0.4, 0.5) is 4.39 Å². The van der Waals surface area contributed by atoms with Crippen LogP contribution >= 0.6 is 0 Å². The van der Waals surface area contributed by atoms with Gasteiger partial charge in [0.15, 0.2) is 0 Å². The number of carbonyl (C=O) groups is 3. The van der Waals surface area contributed by atoms with E-state index in [2.05, 4.69) is 0 Å². The number of halogens is 1. The van der Waals surface area contributed by atoms with E-state index in [1.165, 1.54) is 12.1 Å². The van der Waals surface area contributed by atoms with Crippen molar-refractivity contribution in [2.24, 2.45) is 11.8 Å². The lowest BCUT2D eigenvalue weighted by Gasteiger charge is -2.30. The molecule has 0 saturated carbocycles. The van der Waals surface area contributed by atoms with Crippen LogP contribution in [-0.2, 0) is 32.1 Å². The number of benzene rings is 2. The maximum Gasteiger partial charge on any atom is 0.309 e. The maximum absolute atomic E-state index is 13.7. The summed E-state index contributed by atoms with van der Waals surface area (Å²) in [6.07, 6.45) is 7.57. The lowest BCUT2D eigenvalue weighted by Crippen LogP contribution is -2.44. The zero-order chi connectivity index (χ0) is 28.3. The molecule has 1 saturated heterocycles. The van der Waals surface area contributed by atoms with Gasteiger partial charge in [0.2, 0.25) is 11.8 Å². The minimum absolute atomic E-state index is 0.0478. The fourth-order valence-corrected chi connectivity index (χ4v) is 5.54. The van der Waals surface area contributed by atoms with Crippen LogP contribution in [0.2, 0.25) is 0 Å². The quantitative estimate of drug-likeness (QED) is 0.392. The third-order valence-electron chi connectivity index (χ3n) is 7.79. The summed E-state index contributed by atoms with van der Waals surface area (Å²) < 4.78 is 19.1. The summed E-state index contributed by atoms with van der Waals surface area (Å²) in [6.45, 7) is 1.11. The molecule has 2 aromatic rings. The summed E-state index contributed by atoms with van der Waals surface area (Å²) >= 11 is 0. The van der Waals surface area contributed by atoms with Crippen LogP contribution in [0.5, 0.6) is 0 Å². The van der Waals surface area contributed by atoms with Gasteiger partial charge in [0.1, 0.15) is 12.4 Å². The number of cyclic esters (lactones) is 1. The second-order valence-corrected chi connectivity index (χ2v) is 10.7. The number of aliphatic hydroxyl groups excluding tert-OH is 1. The Hall–Kier alpha value is -3.52. The SMILES string of the molecule is O=C1OC[C@@H]2CCCN2C(=O)[C@H](CC(=O)N(CCO)Cc2ccccc2)C/C=C/CC[C@@H]1Cc1ccc(F)cc1. The Labute approximate surface area is 235 Å². The molecule has 2 amide bonds. The number of esters is 1. The first-order valence-corrected chi connectivity index (χ1v) is 14.2. The van der Waals surface area contributed by atoms with Crippen molar-refractivity contribution in [2.45, 2.75) is 57.5 Å². The van der Waals surface area contributed by atoms with Gasteiger partial charge in [-0.05, 0) is 61.8 Å². The molecule has 1 fully saturated rings. The van der Waals surface area contributed by atoms with Gasteiger partial charge >= 0.3 is 5.97 Å². The summed E-state index contributed by atoms with van der Waals surface area (Å²) in [5, 5.41) is 9.59. The van der Waals surface area contributed by atoms with Crippen LogP contribution < -0.4 is 0 Å². The van der Waals surface area contributed by atoms with Crippen molar-refractivity contribution >= 4 is 17.8 Å². The van der Waals surface area contributed by atoms with Crippen LogP contribution in [0.3, 0.4) is 0 Å². The van der Waals surface area contributed by atoms with Gasteiger partial charge in [-0.25, -0.2) is 4.39 Å². The first kappa shape index (κ1) is 29.5. The monoisotopic (exact) mass is 550 g/mol. The number of amides is 2. The highest BCUT2D eigenvalue weighted by atomic mass is 19.1. The first-order valence-electron chi connectivity index (χ1n) is 14.2. The predicted molar refractivity (Wildman–Crippen MR) is 149 cm³/mol. The van der Waals surface area contributed by atoms with Crippen LogP contribution in [0.15, 0.2) is 66.7 Å². The number of aliphatic hydroxyl groups is 1. The Kier molecular flexibility index (Phi) is 10.9. The first-order chi connectivity index (χ1) is 19.4. The Morgan fingerprint density at radius 3 is 2.52 bits per heavy atom. The van der Waals surface area contributed by atoms with Gasteiger partial charge in [-0.15, -0.1) is 0 Å². The molecule has 1 N–H and O–H groups in total. The highest BCUT2D eigenvalue weighted by molar-refractivity contribution is 5.86. The molecule has 0 aromatic heterocycles. The zero-order valence-electron chi connectivity index (χ0n) is 22.9. The molecule has 0 radical (unpaired) electrons. The third kappa shape index (κ3) is 8.24. The molecule has 2 heterocycles. The number of ether oxygens (including phenoxy) is 1. The van der Waals surface area contributed by atoms with Gasteiger partial charge < -0.3 is 19.6 Å². The van der Waals surface area contributed by atoms with Crippen LogP contribution in [0.25, 0.3) is 0 Å². The fraction of sp³-hybridized carbons (Fsp3) is 0.469. The van der Waals surface area contributed by atoms with Gasteiger partial charge in [0.25, 0.3) is 0 Å². The second kappa shape index (κ2) is 14.7. The normalized spacial score (nSPS) is 22.9. The Balaban J connectivity index is 1.47. The van der Waals surface area contributed by atoms with Gasteiger partial charge in [0.05, 0.1) is 24.5 Å². The van der Waals surface area contributed by atoms with Crippen molar-refractivity contribution in [3.63, 3.8) is 0 Å². The lowest BCUT2D eigenvalue weighted by atomic mass is 9.94. The molecule has 2 aliphatic heterocycles. The van der Waals surface area contributed by atoms with Crippen molar-refractivity contribution in [3.05, 3.63) is 83.7 Å². The van der Waals surface area contributed by atoms with E-state index in [1.807, 2.05) is 42.5 Å².